The number of rotatable bonds is 6. The van der Waals surface area contributed by atoms with Crippen molar-refractivity contribution in [2.75, 3.05) is 6.54 Å². The number of amides is 1. The lowest BCUT2D eigenvalue weighted by molar-refractivity contribution is 0.0522. The molecule has 1 atom stereocenters. The van der Waals surface area contributed by atoms with Gasteiger partial charge in [-0.2, -0.15) is 5.10 Å². The monoisotopic (exact) mass is 296 g/mol. The summed E-state index contributed by atoms with van der Waals surface area (Å²) in [7, 11) is 1.91. The van der Waals surface area contributed by atoms with Crippen LogP contribution in [0.5, 0.6) is 0 Å². The molecular weight excluding hydrogens is 268 g/mol. The first kappa shape index (κ1) is 17.5. The number of alkyl carbamates (subject to hydrolysis) is 1. The fraction of sp³-hybridized carbons (Fsp3) is 0.733. The Bertz CT molecular complexity index is 463. The first-order valence-electron chi connectivity index (χ1n) is 7.40. The molecule has 2 N–H and O–H groups in total. The Balaban J connectivity index is 2.38. The largest absolute Gasteiger partial charge is 0.444 e. The van der Waals surface area contributed by atoms with Gasteiger partial charge in [-0.1, -0.05) is 6.92 Å². The van der Waals surface area contributed by atoms with Gasteiger partial charge in [-0.3, -0.25) is 4.68 Å². The molecule has 0 aliphatic heterocycles. The van der Waals surface area contributed by atoms with Crippen LogP contribution in [0.4, 0.5) is 4.79 Å². The third-order valence-electron chi connectivity index (χ3n) is 3.08. The zero-order valence-electron chi connectivity index (χ0n) is 14.0. The number of nitrogens with zero attached hydrogens (tertiary/aromatic N) is 2. The van der Waals surface area contributed by atoms with Crippen LogP contribution in [0.25, 0.3) is 0 Å². The van der Waals surface area contributed by atoms with Crippen molar-refractivity contribution in [2.45, 2.75) is 59.2 Å². The van der Waals surface area contributed by atoms with Gasteiger partial charge in [0.2, 0.25) is 0 Å². The maximum atomic E-state index is 11.6. The predicted octanol–water partition coefficient (Wildman–Crippen LogP) is 2.12. The van der Waals surface area contributed by atoms with Gasteiger partial charge in [0.25, 0.3) is 0 Å². The highest BCUT2D eigenvalue weighted by molar-refractivity contribution is 5.67. The van der Waals surface area contributed by atoms with Crippen LogP contribution in [0.1, 0.15) is 45.4 Å². The molecule has 0 radical (unpaired) electrons. The van der Waals surface area contributed by atoms with E-state index in [2.05, 4.69) is 22.7 Å². The van der Waals surface area contributed by atoms with Crippen molar-refractivity contribution < 1.29 is 9.53 Å². The highest BCUT2D eigenvalue weighted by Gasteiger charge is 2.17. The molecule has 1 aromatic heterocycles. The third kappa shape index (κ3) is 6.62. The Labute approximate surface area is 127 Å². The van der Waals surface area contributed by atoms with Gasteiger partial charge in [0.05, 0.1) is 5.69 Å². The van der Waals surface area contributed by atoms with Crippen LogP contribution >= 0.6 is 0 Å². The van der Waals surface area contributed by atoms with E-state index in [-0.39, 0.29) is 12.1 Å². The lowest BCUT2D eigenvalue weighted by atomic mass is 10.2. The average molecular weight is 296 g/mol. The van der Waals surface area contributed by atoms with Crippen molar-refractivity contribution >= 4 is 6.09 Å². The van der Waals surface area contributed by atoms with Crippen LogP contribution in [0.15, 0.2) is 6.20 Å². The highest BCUT2D eigenvalue weighted by atomic mass is 16.6. The molecule has 1 amide bonds. The van der Waals surface area contributed by atoms with Gasteiger partial charge in [-0.05, 0) is 34.1 Å². The molecule has 6 nitrogen and oxygen atoms in total. The number of carbonyl (C=O) groups is 1. The fourth-order valence-corrected chi connectivity index (χ4v) is 1.96. The Hall–Kier alpha value is -1.56. The van der Waals surface area contributed by atoms with E-state index in [0.717, 1.165) is 18.7 Å². The van der Waals surface area contributed by atoms with Crippen molar-refractivity contribution in [1.82, 2.24) is 20.4 Å². The lowest BCUT2D eigenvalue weighted by Gasteiger charge is -2.22. The van der Waals surface area contributed by atoms with Gasteiger partial charge in [0.1, 0.15) is 5.60 Å². The zero-order valence-corrected chi connectivity index (χ0v) is 14.0. The Morgan fingerprint density at radius 1 is 1.48 bits per heavy atom. The molecule has 1 unspecified atom stereocenters. The summed E-state index contributed by atoms with van der Waals surface area (Å²) >= 11 is 0. The van der Waals surface area contributed by atoms with Crippen molar-refractivity contribution in [3.8, 4) is 0 Å². The number of hydrogen-bond donors (Lipinski definition) is 2. The fourth-order valence-electron chi connectivity index (χ4n) is 1.96. The smallest absolute Gasteiger partial charge is 0.407 e. The SMILES string of the molecule is CCC(CNC(=O)OC(C)(C)C)NCc1cn(C)nc1C. The van der Waals surface area contributed by atoms with E-state index in [4.69, 9.17) is 4.74 Å². The second kappa shape index (κ2) is 7.45. The van der Waals surface area contributed by atoms with Crippen LogP contribution in [-0.2, 0) is 18.3 Å². The third-order valence-corrected chi connectivity index (χ3v) is 3.08. The maximum Gasteiger partial charge on any atom is 0.407 e. The predicted molar refractivity (Wildman–Crippen MR) is 83.1 cm³/mol. The van der Waals surface area contributed by atoms with Crippen LogP contribution in [0.2, 0.25) is 0 Å². The minimum absolute atomic E-state index is 0.206. The molecule has 1 aromatic rings. The first-order chi connectivity index (χ1) is 9.71. The summed E-state index contributed by atoms with van der Waals surface area (Å²) in [5, 5.41) is 10.6. The average Bonchev–Trinajstić information content (AvgIpc) is 2.66. The number of aromatic nitrogens is 2. The van der Waals surface area contributed by atoms with Gasteiger partial charge in [0, 0.05) is 37.9 Å². The van der Waals surface area contributed by atoms with E-state index in [0.29, 0.717) is 6.54 Å². The molecule has 0 spiro atoms. The molecule has 0 aliphatic rings. The Kier molecular flexibility index (Phi) is 6.20. The van der Waals surface area contributed by atoms with E-state index in [1.54, 1.807) is 0 Å². The molecule has 0 bridgehead atoms. The number of ether oxygens (including phenoxy) is 1. The molecule has 0 saturated heterocycles. The molecule has 120 valence electrons. The van der Waals surface area contributed by atoms with Gasteiger partial charge in [0.15, 0.2) is 0 Å². The van der Waals surface area contributed by atoms with Gasteiger partial charge < -0.3 is 15.4 Å². The first-order valence-corrected chi connectivity index (χ1v) is 7.40. The summed E-state index contributed by atoms with van der Waals surface area (Å²) in [6.45, 7) is 10.9. The van der Waals surface area contributed by atoms with Crippen LogP contribution in [-0.4, -0.2) is 34.1 Å². The van der Waals surface area contributed by atoms with E-state index < -0.39 is 5.60 Å². The number of carbonyl (C=O) groups excluding carboxylic acids is 1. The molecule has 0 aromatic carbocycles. The molecule has 0 saturated carbocycles. The number of aryl methyl sites for hydroxylation is 2. The molecule has 1 rings (SSSR count). The summed E-state index contributed by atoms with van der Waals surface area (Å²) in [6.07, 6.45) is 2.56. The summed E-state index contributed by atoms with van der Waals surface area (Å²) in [4.78, 5) is 11.6. The molecule has 6 heteroatoms. The molecule has 0 fully saturated rings. The summed E-state index contributed by atoms with van der Waals surface area (Å²) < 4.78 is 7.04. The molecule has 21 heavy (non-hydrogen) atoms. The van der Waals surface area contributed by atoms with Crippen LogP contribution < -0.4 is 10.6 Å². The summed E-state index contributed by atoms with van der Waals surface area (Å²) in [5.74, 6) is 0. The van der Waals surface area contributed by atoms with Crippen molar-refractivity contribution in [1.29, 1.82) is 0 Å². The molecule has 1 heterocycles. The molecular formula is C15H28N4O2. The normalized spacial score (nSPS) is 13.0. The standard InChI is InChI=1S/C15H28N4O2/c1-7-13(9-17-14(20)21-15(3,4)5)16-8-12-10-19(6)18-11(12)2/h10,13,16H,7-9H2,1-6H3,(H,17,20). The van der Waals surface area contributed by atoms with Crippen LogP contribution in [0, 0.1) is 6.92 Å². The summed E-state index contributed by atoms with van der Waals surface area (Å²) in [5.41, 5.74) is 1.74. The van der Waals surface area contributed by atoms with E-state index in [1.807, 2.05) is 45.6 Å². The van der Waals surface area contributed by atoms with Crippen molar-refractivity contribution in [2.24, 2.45) is 7.05 Å². The van der Waals surface area contributed by atoms with Crippen LogP contribution in [0.3, 0.4) is 0 Å². The Morgan fingerprint density at radius 3 is 2.62 bits per heavy atom. The second-order valence-electron chi connectivity index (χ2n) is 6.28. The van der Waals surface area contributed by atoms with Gasteiger partial charge >= 0.3 is 6.09 Å². The minimum Gasteiger partial charge on any atom is -0.444 e. The van der Waals surface area contributed by atoms with E-state index in [9.17, 15) is 4.79 Å². The Morgan fingerprint density at radius 2 is 2.14 bits per heavy atom. The topological polar surface area (TPSA) is 68.2 Å². The number of nitrogens with one attached hydrogen (secondary N) is 2. The second-order valence-corrected chi connectivity index (χ2v) is 6.28. The zero-order chi connectivity index (χ0) is 16.0. The van der Waals surface area contributed by atoms with E-state index >= 15 is 0 Å². The minimum atomic E-state index is -0.466. The maximum absolute atomic E-state index is 11.6. The molecule has 0 aliphatic carbocycles. The quantitative estimate of drug-likeness (QED) is 0.844. The van der Waals surface area contributed by atoms with E-state index in [1.165, 1.54) is 5.56 Å². The number of hydrogen-bond acceptors (Lipinski definition) is 4. The van der Waals surface area contributed by atoms with Gasteiger partial charge in [-0.15, -0.1) is 0 Å². The lowest BCUT2D eigenvalue weighted by Crippen LogP contribution is -2.42. The van der Waals surface area contributed by atoms with Crippen molar-refractivity contribution in [3.05, 3.63) is 17.5 Å². The van der Waals surface area contributed by atoms with Gasteiger partial charge in [-0.25, -0.2) is 4.79 Å². The highest BCUT2D eigenvalue weighted by Crippen LogP contribution is 2.07. The summed E-state index contributed by atoms with van der Waals surface area (Å²) in [6, 6.07) is 0.206. The van der Waals surface area contributed by atoms with Crippen molar-refractivity contribution in [3.63, 3.8) is 0 Å².